The van der Waals surface area contributed by atoms with Crippen LogP contribution in [0.25, 0.3) is 10.9 Å². The molecular weight excluding hydrogens is 470 g/mol. The number of carbonyl (C=O) groups is 2. The maximum atomic E-state index is 13.1. The number of aromatic nitrogens is 1. The lowest BCUT2D eigenvalue weighted by Gasteiger charge is -2.27. The van der Waals surface area contributed by atoms with E-state index in [0.29, 0.717) is 30.9 Å². The first-order chi connectivity index (χ1) is 16.8. The summed E-state index contributed by atoms with van der Waals surface area (Å²) in [5, 5.41) is 3.70. The summed E-state index contributed by atoms with van der Waals surface area (Å²) in [5.74, 6) is -1.03. The van der Waals surface area contributed by atoms with Gasteiger partial charge in [0.15, 0.2) is 6.10 Å². The van der Waals surface area contributed by atoms with E-state index < -0.39 is 28.0 Å². The number of nitrogens with one attached hydrogen (secondary N) is 2. The van der Waals surface area contributed by atoms with Crippen LogP contribution in [0.15, 0.2) is 53.6 Å². The number of aromatic amines is 1. The van der Waals surface area contributed by atoms with Gasteiger partial charge in [0.25, 0.3) is 5.91 Å². The summed E-state index contributed by atoms with van der Waals surface area (Å²) >= 11 is 0. The molecule has 3 aromatic rings. The van der Waals surface area contributed by atoms with Crippen molar-refractivity contribution in [2.75, 3.05) is 31.6 Å². The zero-order valence-corrected chi connectivity index (χ0v) is 20.6. The molecule has 2 aromatic carbocycles. The van der Waals surface area contributed by atoms with Gasteiger partial charge in [0.2, 0.25) is 10.0 Å². The van der Waals surface area contributed by atoms with Gasteiger partial charge >= 0.3 is 5.97 Å². The number of hydrogen-bond donors (Lipinski definition) is 2. The highest BCUT2D eigenvalue weighted by atomic mass is 32.2. The van der Waals surface area contributed by atoms with E-state index in [1.807, 2.05) is 30.5 Å². The van der Waals surface area contributed by atoms with Gasteiger partial charge in [0, 0.05) is 42.3 Å². The first-order valence-corrected chi connectivity index (χ1v) is 12.9. The summed E-state index contributed by atoms with van der Waals surface area (Å²) < 4.78 is 38.1. The highest BCUT2D eigenvalue weighted by molar-refractivity contribution is 7.89. The molecular formula is C25H29N3O6S. The Hall–Kier alpha value is -3.21. The number of ether oxygens (including phenoxy) is 2. The zero-order valence-electron chi connectivity index (χ0n) is 19.7. The molecule has 0 saturated carbocycles. The van der Waals surface area contributed by atoms with Gasteiger partial charge < -0.3 is 19.8 Å². The third-order valence-corrected chi connectivity index (χ3v) is 8.04. The lowest BCUT2D eigenvalue weighted by Crippen LogP contribution is -2.40. The van der Waals surface area contributed by atoms with Gasteiger partial charge in [0.05, 0.1) is 18.1 Å². The summed E-state index contributed by atoms with van der Waals surface area (Å²) in [6, 6.07) is 12.5. The van der Waals surface area contributed by atoms with E-state index in [-0.39, 0.29) is 24.4 Å². The molecule has 0 spiro atoms. The molecule has 2 heterocycles. The molecule has 10 heteroatoms. The average molecular weight is 500 g/mol. The molecule has 186 valence electrons. The topological polar surface area (TPSA) is 118 Å². The summed E-state index contributed by atoms with van der Waals surface area (Å²) in [4.78, 5) is 28.3. The van der Waals surface area contributed by atoms with Gasteiger partial charge in [-0.05, 0) is 49.6 Å². The van der Waals surface area contributed by atoms with Crippen LogP contribution in [0.2, 0.25) is 0 Å². The molecule has 35 heavy (non-hydrogen) atoms. The number of para-hydroxylation sites is 1. The summed E-state index contributed by atoms with van der Waals surface area (Å²) in [5.41, 5.74) is 2.89. The molecule has 0 bridgehead atoms. The number of hydrogen-bond acceptors (Lipinski definition) is 6. The molecule has 0 unspecified atom stereocenters. The predicted octanol–water partition coefficient (Wildman–Crippen LogP) is 3.00. The molecule has 4 rings (SSSR count). The van der Waals surface area contributed by atoms with Crippen molar-refractivity contribution in [2.24, 2.45) is 0 Å². The minimum atomic E-state index is -3.72. The fourth-order valence-electron chi connectivity index (χ4n) is 4.01. The van der Waals surface area contributed by atoms with Gasteiger partial charge in [-0.1, -0.05) is 24.3 Å². The van der Waals surface area contributed by atoms with Gasteiger partial charge in [-0.3, -0.25) is 9.59 Å². The van der Waals surface area contributed by atoms with Crippen LogP contribution in [0, 0.1) is 6.92 Å². The van der Waals surface area contributed by atoms with Crippen molar-refractivity contribution in [3.63, 3.8) is 0 Å². The van der Waals surface area contributed by atoms with Crippen LogP contribution >= 0.6 is 0 Å². The van der Waals surface area contributed by atoms with Crippen LogP contribution in [-0.4, -0.2) is 62.0 Å². The van der Waals surface area contributed by atoms with E-state index in [9.17, 15) is 18.0 Å². The molecule has 1 aliphatic rings. The molecule has 0 aliphatic carbocycles. The Bertz CT molecular complexity index is 1330. The Balaban J connectivity index is 1.35. The minimum absolute atomic E-state index is 0.126. The zero-order chi connectivity index (χ0) is 25.0. The van der Waals surface area contributed by atoms with Crippen LogP contribution in [0.3, 0.4) is 0 Å². The molecule has 2 N–H and O–H groups in total. The number of fused-ring (bicyclic) bond motifs is 1. The normalized spacial score (nSPS) is 15.6. The fourth-order valence-corrected chi connectivity index (χ4v) is 5.67. The van der Waals surface area contributed by atoms with E-state index in [1.165, 1.54) is 17.3 Å². The van der Waals surface area contributed by atoms with Crippen LogP contribution in [0.5, 0.6) is 0 Å². The number of H-pyrrole nitrogens is 1. The van der Waals surface area contributed by atoms with Crippen molar-refractivity contribution >= 4 is 38.5 Å². The second-order valence-corrected chi connectivity index (χ2v) is 10.4. The Kier molecular flexibility index (Phi) is 7.54. The molecule has 1 saturated heterocycles. The standard InChI is InChI=1S/C25H29N3O6S/c1-17-7-9-20(15-23(17)35(31,32)28-11-13-33-14-12-28)27-25(30)18(2)34-24(29)10-8-19-16-26-22-6-4-3-5-21(19)22/h3-7,9,15-16,18,26H,8,10-14H2,1-2H3,(H,27,30)/t18-/m0/s1. The van der Waals surface area contributed by atoms with Crippen molar-refractivity contribution < 1.29 is 27.5 Å². The van der Waals surface area contributed by atoms with Crippen molar-refractivity contribution in [3.8, 4) is 0 Å². The molecule has 0 radical (unpaired) electrons. The second kappa shape index (κ2) is 10.6. The third-order valence-electron chi connectivity index (χ3n) is 5.99. The quantitative estimate of drug-likeness (QED) is 0.460. The summed E-state index contributed by atoms with van der Waals surface area (Å²) in [6.07, 6.45) is 1.45. The number of carbonyl (C=O) groups excluding carboxylic acids is 2. The van der Waals surface area contributed by atoms with Gasteiger partial charge in [-0.2, -0.15) is 4.31 Å². The SMILES string of the molecule is Cc1ccc(NC(=O)[C@H](C)OC(=O)CCc2c[nH]c3ccccc23)cc1S(=O)(=O)N1CCOCC1. The number of nitrogens with zero attached hydrogens (tertiary/aromatic N) is 1. The minimum Gasteiger partial charge on any atom is -0.453 e. The maximum Gasteiger partial charge on any atom is 0.306 e. The van der Waals surface area contributed by atoms with Crippen LogP contribution < -0.4 is 5.32 Å². The Morgan fingerprint density at radius 3 is 2.69 bits per heavy atom. The van der Waals surface area contributed by atoms with E-state index in [1.54, 1.807) is 19.1 Å². The highest BCUT2D eigenvalue weighted by Gasteiger charge is 2.28. The van der Waals surface area contributed by atoms with E-state index >= 15 is 0 Å². The average Bonchev–Trinajstić information content (AvgIpc) is 3.27. The van der Waals surface area contributed by atoms with Gasteiger partial charge in [-0.25, -0.2) is 8.42 Å². The fraction of sp³-hybridized carbons (Fsp3) is 0.360. The number of rotatable bonds is 8. The van der Waals surface area contributed by atoms with E-state index in [2.05, 4.69) is 10.3 Å². The molecule has 1 atom stereocenters. The molecule has 1 amide bonds. The monoisotopic (exact) mass is 499 g/mol. The van der Waals surface area contributed by atoms with Crippen molar-refractivity contribution in [3.05, 3.63) is 59.8 Å². The first kappa shape index (κ1) is 24.9. The van der Waals surface area contributed by atoms with E-state index in [0.717, 1.165) is 16.5 Å². The Morgan fingerprint density at radius 1 is 1.17 bits per heavy atom. The lowest BCUT2D eigenvalue weighted by atomic mass is 10.1. The number of sulfonamides is 1. The predicted molar refractivity (Wildman–Crippen MR) is 132 cm³/mol. The lowest BCUT2D eigenvalue weighted by molar-refractivity contribution is -0.153. The molecule has 1 aliphatic heterocycles. The van der Waals surface area contributed by atoms with Crippen molar-refractivity contribution in [1.29, 1.82) is 0 Å². The number of anilines is 1. The van der Waals surface area contributed by atoms with Crippen LogP contribution in [0.4, 0.5) is 5.69 Å². The smallest absolute Gasteiger partial charge is 0.306 e. The number of amides is 1. The maximum absolute atomic E-state index is 13.1. The molecule has 1 fully saturated rings. The van der Waals surface area contributed by atoms with Gasteiger partial charge in [0.1, 0.15) is 0 Å². The van der Waals surface area contributed by atoms with Crippen molar-refractivity contribution in [1.82, 2.24) is 9.29 Å². The molecule has 9 nitrogen and oxygen atoms in total. The van der Waals surface area contributed by atoms with Gasteiger partial charge in [-0.15, -0.1) is 0 Å². The third kappa shape index (κ3) is 5.72. The summed E-state index contributed by atoms with van der Waals surface area (Å²) in [7, 11) is -3.72. The Labute approximate surface area is 204 Å². The Morgan fingerprint density at radius 2 is 1.91 bits per heavy atom. The summed E-state index contributed by atoms with van der Waals surface area (Å²) in [6.45, 7) is 4.44. The molecule has 1 aromatic heterocycles. The van der Waals surface area contributed by atoms with E-state index in [4.69, 9.17) is 9.47 Å². The highest BCUT2D eigenvalue weighted by Crippen LogP contribution is 2.25. The number of benzene rings is 2. The number of morpholine rings is 1. The number of aryl methyl sites for hydroxylation is 2. The van der Waals surface area contributed by atoms with Crippen molar-refractivity contribution in [2.45, 2.75) is 37.7 Å². The van der Waals surface area contributed by atoms with Crippen LogP contribution in [0.1, 0.15) is 24.5 Å². The first-order valence-electron chi connectivity index (χ1n) is 11.5. The van der Waals surface area contributed by atoms with Crippen LogP contribution in [-0.2, 0) is 35.5 Å². The number of esters is 1. The second-order valence-electron chi connectivity index (χ2n) is 8.48. The largest absolute Gasteiger partial charge is 0.453 e.